The van der Waals surface area contributed by atoms with E-state index in [0.29, 0.717) is 13.0 Å². The number of nitrogens with one attached hydrogen (secondary N) is 4. The minimum atomic E-state index is -1.18. The van der Waals surface area contributed by atoms with Gasteiger partial charge < -0.3 is 26.0 Å². The maximum atomic E-state index is 13.4. The third-order valence-electron chi connectivity index (χ3n) is 7.22. The molecule has 0 bridgehead atoms. The summed E-state index contributed by atoms with van der Waals surface area (Å²) in [6.07, 6.45) is 2.32. The van der Waals surface area contributed by atoms with Gasteiger partial charge in [-0.25, -0.2) is 9.59 Å². The smallest absolute Gasteiger partial charge is 0.330 e. The first-order valence-electron chi connectivity index (χ1n) is 13.2. The van der Waals surface area contributed by atoms with Gasteiger partial charge in [0.2, 0.25) is 0 Å². The number of fused-ring (bicyclic) bond motifs is 2. The van der Waals surface area contributed by atoms with Crippen LogP contribution < -0.4 is 21.3 Å². The van der Waals surface area contributed by atoms with E-state index in [-0.39, 0.29) is 34.8 Å². The van der Waals surface area contributed by atoms with Crippen LogP contribution in [0.25, 0.3) is 0 Å². The summed E-state index contributed by atoms with van der Waals surface area (Å²) in [5.41, 5.74) is 4.96. The highest BCUT2D eigenvalue weighted by molar-refractivity contribution is 6.40. The van der Waals surface area contributed by atoms with Crippen molar-refractivity contribution in [3.63, 3.8) is 0 Å². The van der Waals surface area contributed by atoms with Crippen molar-refractivity contribution >= 4 is 41.1 Å². The molecule has 0 fully saturated rings. The fourth-order valence-corrected chi connectivity index (χ4v) is 5.91. The van der Waals surface area contributed by atoms with Gasteiger partial charge in [-0.3, -0.25) is 4.79 Å². The second-order valence-corrected chi connectivity index (χ2v) is 10.7. The summed E-state index contributed by atoms with van der Waals surface area (Å²) in [5, 5.41) is 12.1. The Morgan fingerprint density at radius 3 is 2.60 bits per heavy atom. The van der Waals surface area contributed by atoms with Gasteiger partial charge in [0.1, 0.15) is 12.6 Å². The molecule has 4 N–H and O–H groups in total. The molecule has 3 aromatic carbocycles. The molecule has 5 rings (SSSR count). The molecule has 0 aromatic heterocycles. The maximum Gasteiger partial charge on any atom is 0.330 e. The van der Waals surface area contributed by atoms with E-state index in [0.717, 1.165) is 41.6 Å². The number of hydrogen-bond acceptors (Lipinski definition) is 5. The molecule has 3 amide bonds. The van der Waals surface area contributed by atoms with Gasteiger partial charge in [-0.15, -0.1) is 0 Å². The SMILES string of the molecule is O=C(NC[C@H](NC(=O)c1c(Cl)cc2c(c1Cl)CCNC2)C(=O)OCc1ccccc1)NC1CCc2ccccc21. The minimum Gasteiger partial charge on any atom is -0.459 e. The Labute approximate surface area is 242 Å². The van der Waals surface area contributed by atoms with Crippen LogP contribution in [0.1, 0.15) is 50.6 Å². The molecule has 1 heterocycles. The van der Waals surface area contributed by atoms with Crippen molar-refractivity contribution in [3.8, 4) is 0 Å². The predicted octanol–water partition coefficient (Wildman–Crippen LogP) is 4.47. The number of urea groups is 1. The summed E-state index contributed by atoms with van der Waals surface area (Å²) < 4.78 is 5.49. The molecule has 3 aromatic rings. The second-order valence-electron chi connectivity index (χ2n) is 9.88. The summed E-state index contributed by atoms with van der Waals surface area (Å²) in [7, 11) is 0. The Hall–Kier alpha value is -3.59. The van der Waals surface area contributed by atoms with Crippen LogP contribution in [0.2, 0.25) is 10.0 Å². The van der Waals surface area contributed by atoms with Crippen LogP contribution in [0.3, 0.4) is 0 Å². The fourth-order valence-electron chi connectivity index (χ4n) is 5.15. The van der Waals surface area contributed by atoms with Gasteiger partial charge in [0.25, 0.3) is 5.91 Å². The lowest BCUT2D eigenvalue weighted by Crippen LogP contribution is -2.51. The minimum absolute atomic E-state index is 0.0183. The Bertz CT molecular complexity index is 1420. The highest BCUT2D eigenvalue weighted by Gasteiger charge is 2.29. The van der Waals surface area contributed by atoms with E-state index in [1.807, 2.05) is 48.5 Å². The van der Waals surface area contributed by atoms with Crippen molar-refractivity contribution in [2.24, 2.45) is 0 Å². The topological polar surface area (TPSA) is 109 Å². The van der Waals surface area contributed by atoms with Crippen LogP contribution in [0.15, 0.2) is 60.7 Å². The van der Waals surface area contributed by atoms with Crippen LogP contribution >= 0.6 is 23.2 Å². The van der Waals surface area contributed by atoms with Crippen LogP contribution in [-0.4, -0.2) is 37.0 Å². The van der Waals surface area contributed by atoms with E-state index >= 15 is 0 Å². The Balaban J connectivity index is 1.28. The number of hydrogen-bond donors (Lipinski definition) is 4. The van der Waals surface area contributed by atoms with E-state index in [2.05, 4.69) is 27.3 Å². The Morgan fingerprint density at radius 2 is 1.77 bits per heavy atom. The highest BCUT2D eigenvalue weighted by Crippen LogP contribution is 2.33. The molecule has 10 heteroatoms. The van der Waals surface area contributed by atoms with Gasteiger partial charge in [0.15, 0.2) is 0 Å². The summed E-state index contributed by atoms with van der Waals surface area (Å²) in [6, 6.07) is 17.1. The summed E-state index contributed by atoms with van der Waals surface area (Å²) in [4.78, 5) is 39.3. The molecule has 0 spiro atoms. The van der Waals surface area contributed by atoms with E-state index in [9.17, 15) is 14.4 Å². The van der Waals surface area contributed by atoms with Crippen molar-refractivity contribution < 1.29 is 19.1 Å². The molecule has 1 aliphatic carbocycles. The third-order valence-corrected chi connectivity index (χ3v) is 7.94. The zero-order valence-electron chi connectivity index (χ0n) is 21.8. The highest BCUT2D eigenvalue weighted by atomic mass is 35.5. The van der Waals surface area contributed by atoms with Gasteiger partial charge in [-0.2, -0.15) is 0 Å². The van der Waals surface area contributed by atoms with Crippen LogP contribution in [0.5, 0.6) is 0 Å². The predicted molar refractivity (Wildman–Crippen MR) is 153 cm³/mol. The monoisotopic (exact) mass is 580 g/mol. The lowest BCUT2D eigenvalue weighted by Gasteiger charge is -2.23. The van der Waals surface area contributed by atoms with Gasteiger partial charge >= 0.3 is 12.0 Å². The fraction of sp³-hybridized carbons (Fsp3) is 0.300. The van der Waals surface area contributed by atoms with Gasteiger partial charge in [0.05, 0.1) is 28.2 Å². The summed E-state index contributed by atoms with van der Waals surface area (Å²) in [5.74, 6) is -1.32. The lowest BCUT2D eigenvalue weighted by molar-refractivity contribution is -0.147. The van der Waals surface area contributed by atoms with Gasteiger partial charge in [0, 0.05) is 6.54 Å². The number of carbonyl (C=O) groups is 3. The zero-order valence-corrected chi connectivity index (χ0v) is 23.3. The first kappa shape index (κ1) is 28.0. The first-order valence-corrected chi connectivity index (χ1v) is 14.0. The number of amides is 3. The average Bonchev–Trinajstić information content (AvgIpc) is 3.37. The number of ether oxygens (including phenoxy) is 1. The summed E-state index contributed by atoms with van der Waals surface area (Å²) in [6.45, 7) is 1.16. The molecule has 8 nitrogen and oxygen atoms in total. The lowest BCUT2D eigenvalue weighted by atomic mass is 9.97. The molecule has 2 atom stereocenters. The molecular formula is C30H30Cl2N4O4. The number of esters is 1. The van der Waals surface area contributed by atoms with Gasteiger partial charge in [-0.1, -0.05) is 77.8 Å². The van der Waals surface area contributed by atoms with E-state index in [1.165, 1.54) is 5.56 Å². The molecule has 1 unspecified atom stereocenters. The molecule has 0 saturated heterocycles. The van der Waals surface area contributed by atoms with Crippen molar-refractivity contribution in [2.45, 2.75) is 44.5 Å². The molecule has 0 radical (unpaired) electrons. The molecule has 2 aliphatic rings. The molecule has 1 aliphatic heterocycles. The van der Waals surface area contributed by atoms with E-state index < -0.39 is 23.9 Å². The average molecular weight is 582 g/mol. The van der Waals surface area contributed by atoms with Crippen LogP contribution in [-0.2, 0) is 35.5 Å². The second kappa shape index (κ2) is 12.7. The van der Waals surface area contributed by atoms with Crippen molar-refractivity contribution in [3.05, 3.63) is 104 Å². The Kier molecular flexibility index (Phi) is 8.89. The van der Waals surface area contributed by atoms with Gasteiger partial charge in [-0.05, 0) is 59.7 Å². The number of rotatable bonds is 8. The summed E-state index contributed by atoms with van der Waals surface area (Å²) >= 11 is 13.1. The quantitative estimate of drug-likeness (QED) is 0.294. The largest absolute Gasteiger partial charge is 0.459 e. The van der Waals surface area contributed by atoms with Crippen molar-refractivity contribution in [1.82, 2.24) is 21.3 Å². The normalized spacial score (nSPS) is 16.3. The number of benzene rings is 3. The first-order chi connectivity index (χ1) is 19.4. The van der Waals surface area contributed by atoms with Crippen molar-refractivity contribution in [2.75, 3.05) is 13.1 Å². The zero-order chi connectivity index (χ0) is 28.1. The molecule has 40 heavy (non-hydrogen) atoms. The molecule has 0 saturated carbocycles. The number of carbonyl (C=O) groups excluding carboxylic acids is 3. The molecule has 208 valence electrons. The van der Waals surface area contributed by atoms with Crippen LogP contribution in [0, 0.1) is 0 Å². The molecular weight excluding hydrogens is 551 g/mol. The van der Waals surface area contributed by atoms with Crippen LogP contribution in [0.4, 0.5) is 4.79 Å². The van der Waals surface area contributed by atoms with E-state index in [1.54, 1.807) is 6.07 Å². The standard InChI is InChI=1S/C30H30Cl2N4O4/c31-23-14-20-15-33-13-12-22(20)27(32)26(23)28(37)35-25(29(38)40-17-18-6-2-1-3-7-18)16-34-30(39)36-24-11-10-19-8-4-5-9-21(19)24/h1-9,14,24-25,33H,10-13,15-17H2,(H,35,37)(H2,34,36,39)/t24?,25-/m0/s1. The van der Waals surface area contributed by atoms with Crippen molar-refractivity contribution in [1.29, 1.82) is 0 Å². The number of halogens is 2. The Morgan fingerprint density at radius 1 is 1.00 bits per heavy atom. The third kappa shape index (κ3) is 6.41. The van der Waals surface area contributed by atoms with E-state index in [4.69, 9.17) is 27.9 Å². The number of aryl methyl sites for hydroxylation is 1. The maximum absolute atomic E-state index is 13.4.